The molecule has 36 heavy (non-hydrogen) atoms. The minimum Gasteiger partial charge on any atom is -0.388 e. The Bertz CT molecular complexity index is 1290. The normalized spacial score (nSPS) is 23.1. The number of aliphatic hydroxyl groups is 1. The Kier molecular flexibility index (Phi) is 7.09. The molecule has 2 aromatic carbocycles. The maximum Gasteiger partial charge on any atom is 0.221 e. The number of nitrogens with zero attached hydrogens (tertiary/aromatic N) is 5. The number of hydrogen-bond donors (Lipinski definition) is 1. The first-order chi connectivity index (χ1) is 17.4. The van der Waals surface area contributed by atoms with Crippen LogP contribution in [0.2, 0.25) is 0 Å². The fourth-order valence-electron chi connectivity index (χ4n) is 5.47. The highest BCUT2D eigenvalue weighted by Gasteiger charge is 2.40. The Hall–Kier alpha value is -2.82. The van der Waals surface area contributed by atoms with Crippen LogP contribution < -0.4 is 4.90 Å². The van der Waals surface area contributed by atoms with Gasteiger partial charge in [0.05, 0.1) is 0 Å². The Labute approximate surface area is 211 Å². The van der Waals surface area contributed by atoms with E-state index in [1.807, 2.05) is 47.9 Å². The molecule has 0 saturated carbocycles. The van der Waals surface area contributed by atoms with Gasteiger partial charge >= 0.3 is 0 Å². The summed E-state index contributed by atoms with van der Waals surface area (Å²) in [4.78, 5) is 2.14. The lowest BCUT2D eigenvalue weighted by atomic mass is 10.0. The molecule has 3 heterocycles. The van der Waals surface area contributed by atoms with E-state index in [1.54, 1.807) is 12.4 Å². The van der Waals surface area contributed by atoms with E-state index < -0.39 is 15.3 Å². The van der Waals surface area contributed by atoms with E-state index in [-0.39, 0.29) is 31.1 Å². The standard InChI is InChI=1S/C26H32FN5O3S/c1-19-7-10-25(20-5-3-2-4-6-20)36(34,35)32(19)16-21-8-9-23(15-24(21)27)30-13-11-22(12-14-30)31-18-28-29-26(31)17-33/h2-6,8-9,15,18-19,22,25,33H,7,10-14,16-17H2,1H3. The van der Waals surface area contributed by atoms with Crippen LogP contribution in [0.25, 0.3) is 0 Å². The van der Waals surface area contributed by atoms with E-state index in [1.165, 1.54) is 10.4 Å². The number of piperidine rings is 1. The van der Waals surface area contributed by atoms with Gasteiger partial charge in [-0.15, -0.1) is 10.2 Å². The maximum absolute atomic E-state index is 15.3. The Balaban J connectivity index is 1.28. The number of benzene rings is 2. The molecule has 192 valence electrons. The third kappa shape index (κ3) is 4.77. The summed E-state index contributed by atoms with van der Waals surface area (Å²) < 4.78 is 45.6. The quantitative estimate of drug-likeness (QED) is 0.539. The van der Waals surface area contributed by atoms with Crippen molar-refractivity contribution in [1.29, 1.82) is 0 Å². The van der Waals surface area contributed by atoms with E-state index in [2.05, 4.69) is 15.1 Å². The van der Waals surface area contributed by atoms with Crippen LogP contribution in [0.4, 0.5) is 10.1 Å². The molecule has 8 nitrogen and oxygen atoms in total. The fraction of sp³-hybridized carbons (Fsp3) is 0.462. The van der Waals surface area contributed by atoms with E-state index in [0.29, 0.717) is 17.8 Å². The number of halogens is 1. The van der Waals surface area contributed by atoms with Gasteiger partial charge in [-0.1, -0.05) is 36.4 Å². The molecule has 2 atom stereocenters. The fourth-order valence-corrected chi connectivity index (χ4v) is 7.66. The highest BCUT2D eigenvalue weighted by atomic mass is 32.2. The van der Waals surface area contributed by atoms with Gasteiger partial charge in [0.1, 0.15) is 24.0 Å². The largest absolute Gasteiger partial charge is 0.388 e. The molecule has 0 bridgehead atoms. The molecule has 0 radical (unpaired) electrons. The molecular formula is C26H32FN5O3S. The second-order valence-electron chi connectivity index (χ2n) is 9.72. The molecule has 10 heteroatoms. The molecule has 5 rings (SSSR count). The SMILES string of the molecule is CC1CCC(c2ccccc2)S(=O)(=O)N1Cc1ccc(N2CCC(n3cnnc3CO)CC2)cc1F. The van der Waals surface area contributed by atoms with Gasteiger partial charge in [0.15, 0.2) is 5.82 Å². The Morgan fingerprint density at radius 3 is 2.50 bits per heavy atom. The van der Waals surface area contributed by atoms with Crippen molar-refractivity contribution in [1.82, 2.24) is 19.1 Å². The lowest BCUT2D eigenvalue weighted by Crippen LogP contribution is -2.44. The zero-order valence-electron chi connectivity index (χ0n) is 20.4. The Morgan fingerprint density at radius 1 is 1.06 bits per heavy atom. The van der Waals surface area contributed by atoms with Crippen molar-refractivity contribution in [2.24, 2.45) is 0 Å². The lowest BCUT2D eigenvalue weighted by molar-refractivity contribution is 0.255. The molecule has 2 fully saturated rings. The van der Waals surface area contributed by atoms with Crippen LogP contribution in [0.3, 0.4) is 0 Å². The summed E-state index contributed by atoms with van der Waals surface area (Å²) in [5.74, 6) is 0.167. The summed E-state index contributed by atoms with van der Waals surface area (Å²) in [5.41, 5.74) is 1.96. The summed E-state index contributed by atoms with van der Waals surface area (Å²) in [6.07, 6.45) is 4.62. The molecule has 0 spiro atoms. The average molecular weight is 514 g/mol. The number of aromatic nitrogens is 3. The molecular weight excluding hydrogens is 481 g/mol. The molecule has 3 aromatic rings. The number of anilines is 1. The van der Waals surface area contributed by atoms with Crippen LogP contribution in [-0.4, -0.2) is 51.7 Å². The zero-order valence-corrected chi connectivity index (χ0v) is 21.2. The van der Waals surface area contributed by atoms with Crippen LogP contribution in [0.15, 0.2) is 54.9 Å². The predicted octanol–water partition coefficient (Wildman–Crippen LogP) is 3.81. The van der Waals surface area contributed by atoms with Crippen molar-refractivity contribution in [2.75, 3.05) is 18.0 Å². The molecule has 2 aliphatic heterocycles. The van der Waals surface area contributed by atoms with Gasteiger partial charge in [0.25, 0.3) is 0 Å². The van der Waals surface area contributed by atoms with Gasteiger partial charge in [0, 0.05) is 43.0 Å². The van der Waals surface area contributed by atoms with Crippen molar-refractivity contribution in [2.45, 2.75) is 63.1 Å². The summed E-state index contributed by atoms with van der Waals surface area (Å²) in [7, 11) is -3.62. The van der Waals surface area contributed by atoms with Gasteiger partial charge in [-0.25, -0.2) is 12.8 Å². The molecule has 1 aromatic heterocycles. The summed E-state index contributed by atoms with van der Waals surface area (Å²) in [6, 6.07) is 14.4. The van der Waals surface area contributed by atoms with Crippen LogP contribution in [0.1, 0.15) is 60.9 Å². The van der Waals surface area contributed by atoms with E-state index in [9.17, 15) is 13.5 Å². The second-order valence-corrected chi connectivity index (χ2v) is 11.8. The van der Waals surface area contributed by atoms with Gasteiger partial charge in [-0.3, -0.25) is 0 Å². The molecule has 2 aliphatic rings. The van der Waals surface area contributed by atoms with Gasteiger partial charge in [0.2, 0.25) is 10.0 Å². The molecule has 2 unspecified atom stereocenters. The minimum atomic E-state index is -3.62. The van der Waals surface area contributed by atoms with Crippen LogP contribution in [0, 0.1) is 5.82 Å². The lowest BCUT2D eigenvalue weighted by Gasteiger charge is -2.37. The van der Waals surface area contributed by atoms with Crippen LogP contribution in [0.5, 0.6) is 0 Å². The van der Waals surface area contributed by atoms with Crippen molar-refractivity contribution in [3.63, 3.8) is 0 Å². The summed E-state index contributed by atoms with van der Waals surface area (Å²) in [6.45, 7) is 3.25. The first-order valence-electron chi connectivity index (χ1n) is 12.5. The highest BCUT2D eigenvalue weighted by Crippen LogP contribution is 2.38. The first-order valence-corrected chi connectivity index (χ1v) is 14.0. The van der Waals surface area contributed by atoms with E-state index >= 15 is 4.39 Å². The van der Waals surface area contributed by atoms with Crippen molar-refractivity contribution in [3.05, 3.63) is 77.6 Å². The van der Waals surface area contributed by atoms with E-state index in [4.69, 9.17) is 0 Å². The zero-order chi connectivity index (χ0) is 25.3. The van der Waals surface area contributed by atoms with Crippen LogP contribution >= 0.6 is 0 Å². The summed E-state index contributed by atoms with van der Waals surface area (Å²) in [5, 5.41) is 16.7. The highest BCUT2D eigenvalue weighted by molar-refractivity contribution is 7.89. The van der Waals surface area contributed by atoms with E-state index in [0.717, 1.165) is 43.6 Å². The number of aliphatic hydroxyl groups excluding tert-OH is 1. The third-order valence-electron chi connectivity index (χ3n) is 7.57. The summed E-state index contributed by atoms with van der Waals surface area (Å²) >= 11 is 0. The molecule has 1 N–H and O–H groups in total. The van der Waals surface area contributed by atoms with Gasteiger partial charge in [-0.05, 0) is 50.3 Å². The molecule has 0 amide bonds. The average Bonchev–Trinajstić information content (AvgIpc) is 3.37. The molecule has 2 saturated heterocycles. The Morgan fingerprint density at radius 2 is 1.81 bits per heavy atom. The number of sulfonamides is 1. The van der Waals surface area contributed by atoms with Crippen LogP contribution in [-0.2, 0) is 23.2 Å². The topological polar surface area (TPSA) is 91.6 Å². The number of hydrogen-bond acceptors (Lipinski definition) is 6. The second kappa shape index (κ2) is 10.3. The smallest absolute Gasteiger partial charge is 0.221 e. The van der Waals surface area contributed by atoms with Crippen molar-refractivity contribution in [3.8, 4) is 0 Å². The number of rotatable bonds is 6. The monoisotopic (exact) mass is 513 g/mol. The van der Waals surface area contributed by atoms with Crippen molar-refractivity contribution >= 4 is 15.7 Å². The maximum atomic E-state index is 15.3. The first kappa shape index (κ1) is 24.9. The van der Waals surface area contributed by atoms with Gasteiger partial charge in [-0.2, -0.15) is 4.31 Å². The predicted molar refractivity (Wildman–Crippen MR) is 135 cm³/mol. The third-order valence-corrected chi connectivity index (χ3v) is 9.94. The van der Waals surface area contributed by atoms with Gasteiger partial charge < -0.3 is 14.6 Å². The van der Waals surface area contributed by atoms with Crippen molar-refractivity contribution < 1.29 is 17.9 Å². The molecule has 0 aliphatic carbocycles. The minimum absolute atomic E-state index is 0.0264.